The Morgan fingerprint density at radius 3 is 2.36 bits per heavy atom. The smallest absolute Gasteiger partial charge is 0.114 e. The zero-order valence-electron chi connectivity index (χ0n) is 5.68. The average molecular weight is 224 g/mol. The van der Waals surface area contributed by atoms with Gasteiger partial charge in [-0.2, -0.15) is 0 Å². The third kappa shape index (κ3) is 1.62. The van der Waals surface area contributed by atoms with Gasteiger partial charge in [-0.1, -0.05) is 22.0 Å². The first-order valence-electron chi connectivity index (χ1n) is 3.21. The van der Waals surface area contributed by atoms with Gasteiger partial charge >= 0.3 is 0 Å². The molecule has 0 spiro atoms. The Hall–Kier alpha value is 0.0600. The van der Waals surface area contributed by atoms with E-state index in [1.54, 1.807) is 0 Å². The molecule has 0 bridgehead atoms. The number of aliphatic hydroxyl groups is 3. The van der Waals surface area contributed by atoms with Gasteiger partial charge in [0.1, 0.15) is 18.3 Å². The van der Waals surface area contributed by atoms with E-state index in [4.69, 9.17) is 21.1 Å². The first-order chi connectivity index (χ1) is 5.04. The lowest BCUT2D eigenvalue weighted by atomic mass is 9.95. The second-order valence-corrected chi connectivity index (χ2v) is 3.47. The minimum absolute atomic E-state index is 0.419. The number of halogens is 1. The van der Waals surface area contributed by atoms with E-state index in [1.807, 2.05) is 0 Å². The van der Waals surface area contributed by atoms with E-state index in [1.165, 1.54) is 6.08 Å². The maximum absolute atomic E-state index is 9.15. The van der Waals surface area contributed by atoms with Crippen LogP contribution < -0.4 is 5.73 Å². The molecular formula is C6H10BrNO3. The minimum Gasteiger partial charge on any atom is -0.388 e. The van der Waals surface area contributed by atoms with E-state index < -0.39 is 24.4 Å². The topological polar surface area (TPSA) is 86.7 Å². The predicted molar refractivity (Wildman–Crippen MR) is 43.0 cm³/mol. The van der Waals surface area contributed by atoms with Crippen molar-refractivity contribution < 1.29 is 15.3 Å². The summed E-state index contributed by atoms with van der Waals surface area (Å²) in [5.41, 5.74) is 5.39. The van der Waals surface area contributed by atoms with Crippen molar-refractivity contribution >= 4 is 15.9 Å². The Balaban J connectivity index is 2.83. The molecule has 64 valence electrons. The van der Waals surface area contributed by atoms with Crippen LogP contribution in [0.25, 0.3) is 0 Å². The van der Waals surface area contributed by atoms with Gasteiger partial charge in [-0.25, -0.2) is 0 Å². The molecule has 5 N–H and O–H groups in total. The molecule has 0 fully saturated rings. The van der Waals surface area contributed by atoms with Crippen molar-refractivity contribution in [1.29, 1.82) is 0 Å². The number of hydrogen-bond donors (Lipinski definition) is 4. The molecule has 11 heavy (non-hydrogen) atoms. The Bertz CT molecular complexity index is 185. The number of rotatable bonds is 0. The molecule has 0 saturated heterocycles. The van der Waals surface area contributed by atoms with Crippen LogP contribution in [0.4, 0.5) is 0 Å². The number of hydrogen-bond acceptors (Lipinski definition) is 4. The fourth-order valence-electron chi connectivity index (χ4n) is 0.959. The highest BCUT2D eigenvalue weighted by Gasteiger charge is 2.34. The van der Waals surface area contributed by atoms with Gasteiger partial charge in [-0.05, 0) is 0 Å². The van der Waals surface area contributed by atoms with Gasteiger partial charge in [-0.15, -0.1) is 0 Å². The van der Waals surface area contributed by atoms with Gasteiger partial charge < -0.3 is 21.1 Å². The molecule has 4 unspecified atom stereocenters. The van der Waals surface area contributed by atoms with Crippen LogP contribution in [0.5, 0.6) is 0 Å². The summed E-state index contributed by atoms with van der Waals surface area (Å²) >= 11 is 3.02. The van der Waals surface area contributed by atoms with Crippen molar-refractivity contribution in [3.8, 4) is 0 Å². The molecule has 0 saturated carbocycles. The third-order valence-electron chi connectivity index (χ3n) is 1.70. The summed E-state index contributed by atoms with van der Waals surface area (Å²) in [4.78, 5) is 0. The van der Waals surface area contributed by atoms with Crippen molar-refractivity contribution in [2.45, 2.75) is 24.4 Å². The first kappa shape index (κ1) is 9.15. The summed E-state index contributed by atoms with van der Waals surface area (Å²) in [6.45, 7) is 0. The molecule has 5 heteroatoms. The van der Waals surface area contributed by atoms with Crippen LogP contribution in [0, 0.1) is 0 Å². The lowest BCUT2D eigenvalue weighted by Gasteiger charge is -2.30. The fourth-order valence-corrected chi connectivity index (χ4v) is 1.53. The Morgan fingerprint density at radius 2 is 1.82 bits per heavy atom. The maximum Gasteiger partial charge on any atom is 0.114 e. The van der Waals surface area contributed by atoms with Gasteiger partial charge in [0, 0.05) is 4.48 Å². The predicted octanol–water partition coefficient (Wildman–Crippen LogP) is -1.31. The summed E-state index contributed by atoms with van der Waals surface area (Å²) in [7, 11) is 0. The minimum atomic E-state index is -1.20. The van der Waals surface area contributed by atoms with E-state index in [-0.39, 0.29) is 0 Å². The molecule has 0 aromatic heterocycles. The largest absolute Gasteiger partial charge is 0.388 e. The van der Waals surface area contributed by atoms with E-state index >= 15 is 0 Å². The summed E-state index contributed by atoms with van der Waals surface area (Å²) in [5, 5.41) is 27.4. The van der Waals surface area contributed by atoms with Gasteiger partial charge in [-0.3, -0.25) is 0 Å². The Labute approximate surface area is 72.5 Å². The SMILES string of the molecule is NC1C=C(Br)C(O)C(O)C1O. The highest BCUT2D eigenvalue weighted by atomic mass is 79.9. The molecule has 0 aromatic rings. The van der Waals surface area contributed by atoms with Gasteiger partial charge in [0.25, 0.3) is 0 Å². The Morgan fingerprint density at radius 1 is 1.27 bits per heavy atom. The molecule has 4 atom stereocenters. The molecular weight excluding hydrogens is 214 g/mol. The van der Waals surface area contributed by atoms with Crippen molar-refractivity contribution in [2.24, 2.45) is 5.73 Å². The second-order valence-electron chi connectivity index (χ2n) is 2.55. The molecule has 0 amide bonds. The number of nitrogens with two attached hydrogens (primary N) is 1. The zero-order chi connectivity index (χ0) is 8.59. The van der Waals surface area contributed by atoms with Crippen LogP contribution in [0.1, 0.15) is 0 Å². The standard InChI is InChI=1S/C6H10BrNO3/c7-2-1-3(8)5(10)6(11)4(2)9/h1,3-6,9-11H,8H2. The Kier molecular flexibility index (Phi) is 2.66. The molecule has 0 radical (unpaired) electrons. The molecule has 1 rings (SSSR count). The quantitative estimate of drug-likeness (QED) is 0.411. The fraction of sp³-hybridized carbons (Fsp3) is 0.667. The first-order valence-corrected chi connectivity index (χ1v) is 4.00. The van der Waals surface area contributed by atoms with E-state index in [9.17, 15) is 0 Å². The van der Waals surface area contributed by atoms with Crippen LogP contribution in [-0.4, -0.2) is 39.7 Å². The second kappa shape index (κ2) is 3.20. The van der Waals surface area contributed by atoms with Gasteiger partial charge in [0.15, 0.2) is 0 Å². The van der Waals surface area contributed by atoms with Crippen LogP contribution in [-0.2, 0) is 0 Å². The van der Waals surface area contributed by atoms with Gasteiger partial charge in [0.05, 0.1) is 6.04 Å². The third-order valence-corrected chi connectivity index (χ3v) is 2.44. The van der Waals surface area contributed by atoms with Crippen LogP contribution in [0.15, 0.2) is 10.6 Å². The summed E-state index contributed by atoms with van der Waals surface area (Å²) in [6.07, 6.45) is -1.89. The molecule has 1 aliphatic carbocycles. The van der Waals surface area contributed by atoms with Crippen LogP contribution in [0.3, 0.4) is 0 Å². The molecule has 0 aliphatic heterocycles. The lowest BCUT2D eigenvalue weighted by Crippen LogP contribution is -2.50. The van der Waals surface area contributed by atoms with Crippen LogP contribution in [0.2, 0.25) is 0 Å². The maximum atomic E-state index is 9.15. The van der Waals surface area contributed by atoms with E-state index in [2.05, 4.69) is 15.9 Å². The van der Waals surface area contributed by atoms with Crippen molar-refractivity contribution in [3.05, 3.63) is 10.6 Å². The summed E-state index contributed by atoms with van der Waals surface area (Å²) < 4.78 is 0.419. The normalized spacial score (nSPS) is 45.4. The van der Waals surface area contributed by atoms with Gasteiger partial charge in [0.2, 0.25) is 0 Å². The van der Waals surface area contributed by atoms with Crippen molar-refractivity contribution in [2.75, 3.05) is 0 Å². The summed E-state index contributed by atoms with van der Waals surface area (Å²) in [5.74, 6) is 0. The molecule has 1 aliphatic rings. The lowest BCUT2D eigenvalue weighted by molar-refractivity contribution is -0.0530. The number of aliphatic hydroxyl groups excluding tert-OH is 3. The molecule has 0 aromatic carbocycles. The molecule has 4 nitrogen and oxygen atoms in total. The monoisotopic (exact) mass is 223 g/mol. The summed E-state index contributed by atoms with van der Waals surface area (Å²) in [6, 6.07) is -0.622. The average Bonchev–Trinajstić information content (AvgIpc) is 1.97. The highest BCUT2D eigenvalue weighted by molar-refractivity contribution is 9.11. The zero-order valence-corrected chi connectivity index (χ0v) is 7.27. The molecule has 0 heterocycles. The van der Waals surface area contributed by atoms with E-state index in [0.717, 1.165) is 0 Å². The van der Waals surface area contributed by atoms with Crippen molar-refractivity contribution in [3.63, 3.8) is 0 Å². The van der Waals surface area contributed by atoms with Crippen molar-refractivity contribution in [1.82, 2.24) is 0 Å². The highest BCUT2D eigenvalue weighted by Crippen LogP contribution is 2.23. The van der Waals surface area contributed by atoms with E-state index in [0.29, 0.717) is 4.48 Å². The van der Waals surface area contributed by atoms with Crippen LogP contribution >= 0.6 is 15.9 Å².